The van der Waals surface area contributed by atoms with E-state index in [9.17, 15) is 4.79 Å². The van der Waals surface area contributed by atoms with Gasteiger partial charge in [0.1, 0.15) is 34.4 Å². The van der Waals surface area contributed by atoms with Crippen LogP contribution in [0.25, 0.3) is 22.2 Å². The lowest BCUT2D eigenvalue weighted by Crippen LogP contribution is -2.27. The van der Waals surface area contributed by atoms with E-state index in [1.807, 2.05) is 77.2 Å². The number of amides is 1. The second-order valence-electron chi connectivity index (χ2n) is 8.62. The average Bonchev–Trinajstić information content (AvgIpc) is 3.48. The number of fused-ring (bicyclic) bond motifs is 1. The molecular weight excluding hydrogens is 476 g/mol. The number of nitrogens with zero attached hydrogens (tertiary/aromatic N) is 4. The number of hydrogen-bond donors (Lipinski definition) is 2. The van der Waals surface area contributed by atoms with E-state index >= 15 is 0 Å². The molecule has 8 nitrogen and oxygen atoms in total. The van der Waals surface area contributed by atoms with Gasteiger partial charge in [0.15, 0.2) is 0 Å². The number of rotatable bonds is 7. The van der Waals surface area contributed by atoms with Crippen LogP contribution in [0, 0.1) is 0 Å². The highest BCUT2D eigenvalue weighted by atomic mass is 35.5. The lowest BCUT2D eigenvalue weighted by atomic mass is 10.1. The fraction of sp³-hybridized carbons (Fsp3) is 0.222. The van der Waals surface area contributed by atoms with Crippen molar-refractivity contribution in [3.05, 3.63) is 78.2 Å². The van der Waals surface area contributed by atoms with Gasteiger partial charge in [-0.05, 0) is 43.3 Å². The maximum absolute atomic E-state index is 12.6. The third-order valence-corrected chi connectivity index (χ3v) is 6.67. The molecule has 3 N–H and O–H groups in total. The van der Waals surface area contributed by atoms with E-state index in [0.717, 1.165) is 23.3 Å². The number of nitrogen functional groups attached to an aromatic ring is 1. The normalized spacial score (nSPS) is 15.7. The van der Waals surface area contributed by atoms with Gasteiger partial charge in [0.05, 0.1) is 11.4 Å². The number of nitrogens with one attached hydrogen (secondary N) is 1. The average molecular weight is 503 g/mol. The molecule has 1 amide bonds. The van der Waals surface area contributed by atoms with Crippen molar-refractivity contribution < 1.29 is 9.53 Å². The highest BCUT2D eigenvalue weighted by Gasteiger charge is 2.31. The van der Waals surface area contributed by atoms with Crippen molar-refractivity contribution >= 4 is 34.4 Å². The van der Waals surface area contributed by atoms with E-state index in [1.54, 1.807) is 6.08 Å². The summed E-state index contributed by atoms with van der Waals surface area (Å²) in [5.41, 5.74) is 8.64. The van der Waals surface area contributed by atoms with Crippen molar-refractivity contribution in [3.63, 3.8) is 0 Å². The number of halogens is 1. The Bertz CT molecular complexity index is 1400. The predicted octanol–water partition coefficient (Wildman–Crippen LogP) is 4.68. The Morgan fingerprint density at radius 2 is 1.92 bits per heavy atom. The SMILES string of the molecule is CNC/C=C/C(=O)N1CCC(n2c(Cl)c(-c3ccc(Oc4ccccc4)cc3)c3c(N)ncnc32)C1. The summed E-state index contributed by atoms with van der Waals surface area (Å²) in [5, 5.41) is 4.24. The maximum Gasteiger partial charge on any atom is 0.246 e. The minimum absolute atomic E-state index is 0.0105. The number of hydrogen-bond acceptors (Lipinski definition) is 6. The van der Waals surface area contributed by atoms with Gasteiger partial charge in [-0.3, -0.25) is 4.79 Å². The summed E-state index contributed by atoms with van der Waals surface area (Å²) in [7, 11) is 1.84. The van der Waals surface area contributed by atoms with Crippen LogP contribution >= 0.6 is 11.6 Å². The molecule has 1 fully saturated rings. The molecule has 1 unspecified atom stereocenters. The number of likely N-dealkylation sites (N-methyl/N-ethyl adjacent to an activating group) is 1. The smallest absolute Gasteiger partial charge is 0.246 e. The van der Waals surface area contributed by atoms with E-state index in [1.165, 1.54) is 6.33 Å². The van der Waals surface area contributed by atoms with Crippen molar-refractivity contribution in [2.75, 3.05) is 32.4 Å². The van der Waals surface area contributed by atoms with Gasteiger partial charge < -0.3 is 25.3 Å². The van der Waals surface area contributed by atoms with Crippen molar-refractivity contribution in [1.29, 1.82) is 0 Å². The zero-order valence-corrected chi connectivity index (χ0v) is 20.7. The lowest BCUT2D eigenvalue weighted by molar-refractivity contribution is -0.125. The van der Waals surface area contributed by atoms with Gasteiger partial charge in [-0.2, -0.15) is 0 Å². The monoisotopic (exact) mass is 502 g/mol. The zero-order valence-electron chi connectivity index (χ0n) is 19.9. The van der Waals surface area contributed by atoms with Gasteiger partial charge in [0, 0.05) is 31.3 Å². The van der Waals surface area contributed by atoms with Gasteiger partial charge in [-0.1, -0.05) is 48.0 Å². The van der Waals surface area contributed by atoms with Crippen LogP contribution in [0.5, 0.6) is 11.5 Å². The van der Waals surface area contributed by atoms with Crippen LogP contribution in [0.2, 0.25) is 5.15 Å². The van der Waals surface area contributed by atoms with E-state index < -0.39 is 0 Å². The zero-order chi connectivity index (χ0) is 25.1. The summed E-state index contributed by atoms with van der Waals surface area (Å²) in [4.78, 5) is 23.2. The largest absolute Gasteiger partial charge is 0.457 e. The van der Waals surface area contributed by atoms with Crippen molar-refractivity contribution in [2.24, 2.45) is 0 Å². The molecule has 2 aromatic carbocycles. The molecule has 1 aliphatic heterocycles. The van der Waals surface area contributed by atoms with Crippen LogP contribution in [0.3, 0.4) is 0 Å². The summed E-state index contributed by atoms with van der Waals surface area (Å²) in [6.07, 6.45) is 5.65. The molecular formula is C27H27ClN6O2. The summed E-state index contributed by atoms with van der Waals surface area (Å²) in [6.45, 7) is 1.83. The number of anilines is 1. The molecule has 1 atom stereocenters. The molecule has 2 aromatic heterocycles. The Balaban J connectivity index is 1.47. The quantitative estimate of drug-likeness (QED) is 0.356. The van der Waals surface area contributed by atoms with Crippen LogP contribution in [0.1, 0.15) is 12.5 Å². The lowest BCUT2D eigenvalue weighted by Gasteiger charge is -2.17. The van der Waals surface area contributed by atoms with E-state index in [-0.39, 0.29) is 11.9 Å². The molecule has 0 saturated carbocycles. The van der Waals surface area contributed by atoms with Crippen LogP contribution in [0.4, 0.5) is 5.82 Å². The Labute approximate surface area is 214 Å². The summed E-state index contributed by atoms with van der Waals surface area (Å²) < 4.78 is 7.92. The van der Waals surface area contributed by atoms with Crippen molar-refractivity contribution in [2.45, 2.75) is 12.5 Å². The Morgan fingerprint density at radius 3 is 2.67 bits per heavy atom. The molecule has 9 heteroatoms. The molecule has 4 aromatic rings. The van der Waals surface area contributed by atoms with Crippen LogP contribution in [0.15, 0.2) is 73.1 Å². The van der Waals surface area contributed by atoms with E-state index in [2.05, 4.69) is 15.3 Å². The third kappa shape index (κ3) is 4.65. The molecule has 3 heterocycles. The first-order valence-electron chi connectivity index (χ1n) is 11.8. The standard InChI is InChI=1S/C27H27ClN6O2/c1-30-14-5-8-22(35)33-15-13-19(16-33)34-25(28)23(24-26(29)31-17-32-27(24)34)18-9-11-21(12-10-18)36-20-6-3-2-4-7-20/h2-12,17,19,30H,13-16H2,1H3,(H2,29,31,32)/b8-5+. The van der Waals surface area contributed by atoms with Gasteiger partial charge in [-0.15, -0.1) is 0 Å². The van der Waals surface area contributed by atoms with Gasteiger partial charge >= 0.3 is 0 Å². The van der Waals surface area contributed by atoms with Gasteiger partial charge in [0.2, 0.25) is 5.91 Å². The van der Waals surface area contributed by atoms with E-state index in [0.29, 0.717) is 47.4 Å². The van der Waals surface area contributed by atoms with Crippen LogP contribution in [-0.2, 0) is 4.79 Å². The fourth-order valence-electron chi connectivity index (χ4n) is 4.58. The fourth-order valence-corrected chi connectivity index (χ4v) is 5.00. The molecule has 0 radical (unpaired) electrons. The molecule has 184 valence electrons. The molecule has 0 spiro atoms. The number of benzene rings is 2. The number of ether oxygens (including phenoxy) is 1. The van der Waals surface area contributed by atoms with Crippen molar-refractivity contribution in [3.8, 4) is 22.6 Å². The molecule has 1 aliphatic rings. The Kier molecular flexibility index (Phi) is 6.88. The summed E-state index contributed by atoms with van der Waals surface area (Å²) in [5.74, 6) is 1.83. The number of likely N-dealkylation sites (tertiary alicyclic amines) is 1. The Hall–Kier alpha value is -3.88. The Morgan fingerprint density at radius 1 is 1.17 bits per heavy atom. The number of nitrogens with two attached hydrogens (primary N) is 1. The highest BCUT2D eigenvalue weighted by Crippen LogP contribution is 2.43. The molecule has 1 saturated heterocycles. The second kappa shape index (κ2) is 10.4. The van der Waals surface area contributed by atoms with Crippen molar-refractivity contribution in [1.82, 2.24) is 24.8 Å². The number of carbonyl (C=O) groups is 1. The van der Waals surface area contributed by atoms with Gasteiger partial charge in [-0.25, -0.2) is 9.97 Å². The summed E-state index contributed by atoms with van der Waals surface area (Å²) >= 11 is 7.02. The maximum atomic E-state index is 12.6. The topological polar surface area (TPSA) is 98.3 Å². The third-order valence-electron chi connectivity index (χ3n) is 6.30. The minimum Gasteiger partial charge on any atom is -0.457 e. The first-order chi connectivity index (χ1) is 17.6. The minimum atomic E-state index is -0.0228. The predicted molar refractivity (Wildman–Crippen MR) is 142 cm³/mol. The molecule has 0 bridgehead atoms. The number of para-hydroxylation sites is 1. The summed E-state index contributed by atoms with van der Waals surface area (Å²) in [6, 6.07) is 17.3. The number of carbonyl (C=O) groups excluding carboxylic acids is 1. The number of aromatic nitrogens is 3. The first kappa shape index (κ1) is 23.8. The van der Waals surface area contributed by atoms with Crippen LogP contribution in [-0.4, -0.2) is 52.0 Å². The van der Waals surface area contributed by atoms with Gasteiger partial charge in [0.25, 0.3) is 0 Å². The second-order valence-corrected chi connectivity index (χ2v) is 8.98. The molecule has 5 rings (SSSR count). The highest BCUT2D eigenvalue weighted by molar-refractivity contribution is 6.35. The molecule has 0 aliphatic carbocycles. The van der Waals surface area contributed by atoms with Crippen LogP contribution < -0.4 is 15.8 Å². The first-order valence-corrected chi connectivity index (χ1v) is 12.2. The molecule has 36 heavy (non-hydrogen) atoms. The van der Waals surface area contributed by atoms with E-state index in [4.69, 9.17) is 22.1 Å².